The topological polar surface area (TPSA) is 85.4 Å². The van der Waals surface area contributed by atoms with E-state index in [-0.39, 0.29) is 11.3 Å². The highest BCUT2D eigenvalue weighted by Crippen LogP contribution is 2.31. The Balaban J connectivity index is 1.98. The average molecular weight is 280 g/mol. The fourth-order valence-electron chi connectivity index (χ4n) is 2.06. The number of carboxylic acid groups (broad SMARTS) is 1. The van der Waals surface area contributed by atoms with Crippen molar-refractivity contribution in [1.29, 1.82) is 0 Å². The Bertz CT molecular complexity index is 831. The van der Waals surface area contributed by atoms with E-state index in [0.29, 0.717) is 11.5 Å². The van der Waals surface area contributed by atoms with Crippen molar-refractivity contribution in [1.82, 2.24) is 4.98 Å². The largest absolute Gasteiger partial charge is 0.478 e. The van der Waals surface area contributed by atoms with Crippen molar-refractivity contribution in [3.63, 3.8) is 0 Å². The van der Waals surface area contributed by atoms with Gasteiger partial charge in [-0.15, -0.1) is 0 Å². The highest BCUT2D eigenvalue weighted by molar-refractivity contribution is 5.95. The maximum Gasteiger partial charge on any atom is 0.337 e. The number of carbonyl (C=O) groups is 1. The number of pyridine rings is 1. The van der Waals surface area contributed by atoms with Crippen LogP contribution in [0, 0.1) is 0 Å². The molecule has 0 aliphatic carbocycles. The molecule has 1 heterocycles. The molecule has 3 N–H and O–H groups in total. The predicted octanol–water partition coefficient (Wildman–Crippen LogP) is 3.31. The molecule has 1 aromatic heterocycles. The number of fused-ring (bicyclic) bond motifs is 1. The Morgan fingerprint density at radius 2 is 2.00 bits per heavy atom. The quantitative estimate of drug-likeness (QED) is 0.719. The third-order valence-corrected chi connectivity index (χ3v) is 3.10. The number of hydrogen-bond donors (Lipinski definition) is 2. The molecule has 0 amide bonds. The Morgan fingerprint density at radius 3 is 2.81 bits per heavy atom. The first-order valence-electron chi connectivity index (χ1n) is 6.29. The van der Waals surface area contributed by atoms with Crippen LogP contribution < -0.4 is 10.5 Å². The summed E-state index contributed by atoms with van der Waals surface area (Å²) in [5.41, 5.74) is 6.74. The lowest BCUT2D eigenvalue weighted by Crippen LogP contribution is -2.03. The van der Waals surface area contributed by atoms with Gasteiger partial charge in [0, 0.05) is 17.6 Å². The summed E-state index contributed by atoms with van der Waals surface area (Å²) in [5, 5.41) is 10.0. The van der Waals surface area contributed by atoms with E-state index >= 15 is 0 Å². The molecule has 0 atom stereocenters. The van der Waals surface area contributed by atoms with E-state index in [1.54, 1.807) is 30.5 Å². The minimum atomic E-state index is -1.09. The van der Waals surface area contributed by atoms with Crippen LogP contribution in [0.1, 0.15) is 10.4 Å². The van der Waals surface area contributed by atoms with Crippen LogP contribution in [0.25, 0.3) is 10.9 Å². The summed E-state index contributed by atoms with van der Waals surface area (Å²) < 4.78 is 5.68. The smallest absolute Gasteiger partial charge is 0.337 e. The first kappa shape index (κ1) is 12.9. The van der Waals surface area contributed by atoms with Gasteiger partial charge < -0.3 is 15.6 Å². The lowest BCUT2D eigenvalue weighted by atomic mass is 10.1. The van der Waals surface area contributed by atoms with Gasteiger partial charge in [0.2, 0.25) is 0 Å². The third kappa shape index (κ3) is 2.49. The number of nitrogens with zero attached hydrogens (tertiary/aromatic N) is 1. The maximum absolute atomic E-state index is 11.1. The average Bonchev–Trinajstić information content (AvgIpc) is 2.49. The first-order valence-corrected chi connectivity index (χ1v) is 6.29. The number of aromatic carboxylic acids is 1. The van der Waals surface area contributed by atoms with Crippen molar-refractivity contribution >= 4 is 22.6 Å². The van der Waals surface area contributed by atoms with Crippen LogP contribution in [-0.4, -0.2) is 16.1 Å². The van der Waals surface area contributed by atoms with Gasteiger partial charge in [-0.25, -0.2) is 4.79 Å². The molecule has 0 saturated carbocycles. The summed E-state index contributed by atoms with van der Waals surface area (Å²) in [6.07, 6.45) is 1.70. The molecule has 2 aromatic carbocycles. The summed E-state index contributed by atoms with van der Waals surface area (Å²) in [6.45, 7) is 0. The minimum absolute atomic E-state index is 0.0198. The fraction of sp³-hybridized carbons (Fsp3) is 0. The standard InChI is InChI=1S/C16H12N2O3/c17-15-12(16(19)20)4-1-5-14(15)21-11-7-6-10-3-2-8-18-13(10)9-11/h1-9H,17H2,(H,19,20). The van der Waals surface area contributed by atoms with E-state index in [1.807, 2.05) is 18.2 Å². The number of ether oxygens (including phenoxy) is 1. The molecule has 0 aliphatic rings. The van der Waals surface area contributed by atoms with Crippen molar-refractivity contribution in [3.05, 3.63) is 60.3 Å². The van der Waals surface area contributed by atoms with Gasteiger partial charge in [-0.05, 0) is 30.3 Å². The highest BCUT2D eigenvalue weighted by Gasteiger charge is 2.12. The zero-order valence-corrected chi connectivity index (χ0v) is 11.0. The van der Waals surface area contributed by atoms with E-state index in [0.717, 1.165) is 10.9 Å². The second-order valence-corrected chi connectivity index (χ2v) is 4.48. The van der Waals surface area contributed by atoms with Gasteiger partial charge in [0.05, 0.1) is 16.8 Å². The van der Waals surface area contributed by atoms with Crippen LogP contribution in [-0.2, 0) is 0 Å². The summed E-state index contributed by atoms with van der Waals surface area (Å²) in [7, 11) is 0. The van der Waals surface area contributed by atoms with Crippen LogP contribution >= 0.6 is 0 Å². The number of rotatable bonds is 3. The molecule has 0 fully saturated rings. The summed E-state index contributed by atoms with van der Waals surface area (Å²) in [6, 6.07) is 13.9. The minimum Gasteiger partial charge on any atom is -0.478 e. The van der Waals surface area contributed by atoms with Crippen LogP contribution in [0.15, 0.2) is 54.7 Å². The van der Waals surface area contributed by atoms with Gasteiger partial charge in [0.25, 0.3) is 0 Å². The van der Waals surface area contributed by atoms with Crippen molar-refractivity contribution in [2.24, 2.45) is 0 Å². The molecule has 21 heavy (non-hydrogen) atoms. The molecular weight excluding hydrogens is 268 g/mol. The molecule has 0 aliphatic heterocycles. The molecular formula is C16H12N2O3. The molecule has 5 heteroatoms. The van der Waals surface area contributed by atoms with Gasteiger partial charge in [-0.2, -0.15) is 0 Å². The second-order valence-electron chi connectivity index (χ2n) is 4.48. The summed E-state index contributed by atoms with van der Waals surface area (Å²) in [4.78, 5) is 15.3. The molecule has 0 bridgehead atoms. The Hall–Kier alpha value is -3.08. The number of anilines is 1. The van der Waals surface area contributed by atoms with Crippen LogP contribution in [0.5, 0.6) is 11.5 Å². The number of aromatic nitrogens is 1. The number of benzene rings is 2. The second kappa shape index (κ2) is 5.13. The lowest BCUT2D eigenvalue weighted by molar-refractivity contribution is 0.0697. The van der Waals surface area contributed by atoms with E-state index in [2.05, 4.69) is 4.98 Å². The monoisotopic (exact) mass is 280 g/mol. The fourth-order valence-corrected chi connectivity index (χ4v) is 2.06. The molecule has 104 valence electrons. The van der Waals surface area contributed by atoms with Crippen molar-refractivity contribution in [3.8, 4) is 11.5 Å². The molecule has 5 nitrogen and oxygen atoms in total. The number of para-hydroxylation sites is 1. The van der Waals surface area contributed by atoms with Crippen molar-refractivity contribution < 1.29 is 14.6 Å². The summed E-state index contributed by atoms with van der Waals surface area (Å²) in [5.74, 6) is -0.223. The molecule has 0 spiro atoms. The van der Waals surface area contributed by atoms with Crippen LogP contribution in [0.4, 0.5) is 5.69 Å². The predicted molar refractivity (Wildman–Crippen MR) is 79.6 cm³/mol. The Labute approximate surface area is 120 Å². The molecule has 0 unspecified atom stereocenters. The van der Waals surface area contributed by atoms with E-state index in [4.69, 9.17) is 15.6 Å². The maximum atomic E-state index is 11.1. The van der Waals surface area contributed by atoms with Gasteiger partial charge in [0.15, 0.2) is 5.75 Å². The Morgan fingerprint density at radius 1 is 1.14 bits per heavy atom. The molecule has 3 rings (SSSR count). The van der Waals surface area contributed by atoms with Gasteiger partial charge >= 0.3 is 5.97 Å². The van der Waals surface area contributed by atoms with E-state index in [1.165, 1.54) is 6.07 Å². The number of nitrogens with two attached hydrogens (primary N) is 1. The van der Waals surface area contributed by atoms with Gasteiger partial charge in [0.1, 0.15) is 5.75 Å². The zero-order valence-electron chi connectivity index (χ0n) is 11.0. The van der Waals surface area contributed by atoms with Crippen molar-refractivity contribution in [2.75, 3.05) is 5.73 Å². The van der Waals surface area contributed by atoms with Crippen molar-refractivity contribution in [2.45, 2.75) is 0 Å². The highest BCUT2D eigenvalue weighted by atomic mass is 16.5. The summed E-state index contributed by atoms with van der Waals surface area (Å²) >= 11 is 0. The molecule has 3 aromatic rings. The third-order valence-electron chi connectivity index (χ3n) is 3.10. The van der Waals surface area contributed by atoms with Gasteiger partial charge in [-0.3, -0.25) is 4.98 Å². The zero-order chi connectivity index (χ0) is 14.8. The lowest BCUT2D eigenvalue weighted by Gasteiger charge is -2.10. The van der Waals surface area contributed by atoms with Crippen LogP contribution in [0.3, 0.4) is 0 Å². The van der Waals surface area contributed by atoms with Gasteiger partial charge in [-0.1, -0.05) is 12.1 Å². The number of hydrogen-bond acceptors (Lipinski definition) is 4. The van der Waals surface area contributed by atoms with Crippen LogP contribution in [0.2, 0.25) is 0 Å². The SMILES string of the molecule is Nc1c(Oc2ccc3cccnc3c2)cccc1C(=O)O. The number of nitrogen functional groups attached to an aromatic ring is 1. The van der Waals surface area contributed by atoms with E-state index < -0.39 is 5.97 Å². The molecule has 0 radical (unpaired) electrons. The normalized spacial score (nSPS) is 10.5. The first-order chi connectivity index (χ1) is 10.1. The molecule has 0 saturated heterocycles. The van der Waals surface area contributed by atoms with E-state index in [9.17, 15) is 4.79 Å². The Kier molecular flexibility index (Phi) is 3.16. The number of carboxylic acids is 1.